The van der Waals surface area contributed by atoms with Gasteiger partial charge in [-0.25, -0.2) is 9.69 Å². The lowest BCUT2D eigenvalue weighted by molar-refractivity contribution is -0.122. The highest BCUT2D eigenvalue weighted by Crippen LogP contribution is 2.60. The minimum atomic E-state index is -0.731. The van der Waals surface area contributed by atoms with E-state index in [1.54, 1.807) is 18.2 Å². The number of para-hydroxylation sites is 1. The van der Waals surface area contributed by atoms with E-state index in [0.717, 1.165) is 50.9 Å². The number of nitrogens with zero attached hydrogens (tertiary/aromatic N) is 2. The van der Waals surface area contributed by atoms with E-state index in [2.05, 4.69) is 34.1 Å². The molecule has 204 valence electrons. The Labute approximate surface area is 235 Å². The van der Waals surface area contributed by atoms with Crippen LogP contribution in [0, 0.1) is 38.5 Å². The van der Waals surface area contributed by atoms with E-state index in [9.17, 15) is 14.4 Å². The molecule has 0 unspecified atom stereocenters. The molecule has 2 heterocycles. The van der Waals surface area contributed by atoms with Crippen molar-refractivity contribution in [3.63, 3.8) is 0 Å². The molecule has 40 heavy (non-hydrogen) atoms. The predicted octanol–water partition coefficient (Wildman–Crippen LogP) is 6.54. The van der Waals surface area contributed by atoms with Crippen LogP contribution < -0.4 is 10.2 Å². The number of aryl methyl sites for hydroxylation is 2. The molecule has 3 aromatic rings. The Kier molecular flexibility index (Phi) is 5.67. The molecule has 0 atom stereocenters. The van der Waals surface area contributed by atoms with Crippen LogP contribution in [0.4, 0.5) is 10.5 Å². The first-order chi connectivity index (χ1) is 19.2. The molecule has 1 aromatic heterocycles. The number of carbonyl (C=O) groups is 3. The third-order valence-corrected chi connectivity index (χ3v) is 10.0. The van der Waals surface area contributed by atoms with Gasteiger partial charge in [0, 0.05) is 17.1 Å². The summed E-state index contributed by atoms with van der Waals surface area (Å²) in [6.07, 6.45) is 9.96. The predicted molar refractivity (Wildman–Crippen MR) is 155 cm³/mol. The van der Waals surface area contributed by atoms with E-state index in [0.29, 0.717) is 11.1 Å². The van der Waals surface area contributed by atoms with E-state index in [-0.39, 0.29) is 5.57 Å². The summed E-state index contributed by atoms with van der Waals surface area (Å²) in [5.74, 6) is 1.43. The number of amides is 4. The maximum Gasteiger partial charge on any atom is 0.335 e. The number of aromatic nitrogens is 1. The molecule has 6 heteroatoms. The van der Waals surface area contributed by atoms with Crippen LogP contribution in [0.25, 0.3) is 11.8 Å². The van der Waals surface area contributed by atoms with Gasteiger partial charge < -0.3 is 4.57 Å². The van der Waals surface area contributed by atoms with Crippen LogP contribution in [-0.4, -0.2) is 22.4 Å². The fraction of sp³-hybridized carbons (Fsp3) is 0.382. The smallest absolute Gasteiger partial charge is 0.318 e. The summed E-state index contributed by atoms with van der Waals surface area (Å²) in [6, 6.07) is 17.5. The molecule has 4 aliphatic carbocycles. The third kappa shape index (κ3) is 3.87. The lowest BCUT2D eigenvalue weighted by atomic mass is 9.48. The zero-order valence-electron chi connectivity index (χ0n) is 23.4. The Hall–Kier alpha value is -3.93. The molecule has 4 amide bonds. The highest BCUT2D eigenvalue weighted by atomic mass is 16.2. The minimum absolute atomic E-state index is 0.0553. The standard InChI is InChI=1S/C34H35N3O3/c1-20-6-4-5-7-30(20)37-32(39)29(31(38)35-33(37)40)16-26-12-21(2)36(22(26)3)28-10-8-27(9-11-28)34-17-23-13-24(18-34)15-25(14-23)19-34/h4-12,16,23-25H,13-15,17-19H2,1-3H3,(H,35,38,40)/b29-16+. The van der Waals surface area contributed by atoms with Crippen LogP contribution in [0.15, 0.2) is 60.2 Å². The lowest BCUT2D eigenvalue weighted by Gasteiger charge is -2.57. The molecule has 0 radical (unpaired) electrons. The lowest BCUT2D eigenvalue weighted by Crippen LogP contribution is -2.54. The summed E-state index contributed by atoms with van der Waals surface area (Å²) in [6.45, 7) is 5.87. The molecule has 1 saturated heterocycles. The van der Waals surface area contributed by atoms with Gasteiger partial charge in [0.25, 0.3) is 11.8 Å². The number of nitrogens with one attached hydrogen (secondary N) is 1. The van der Waals surface area contributed by atoms with Gasteiger partial charge in [0.15, 0.2) is 0 Å². The van der Waals surface area contributed by atoms with Crippen molar-refractivity contribution in [2.24, 2.45) is 17.8 Å². The van der Waals surface area contributed by atoms with E-state index < -0.39 is 17.8 Å². The van der Waals surface area contributed by atoms with Gasteiger partial charge in [-0.15, -0.1) is 0 Å². The van der Waals surface area contributed by atoms with E-state index >= 15 is 0 Å². The van der Waals surface area contributed by atoms with Crippen LogP contribution in [0.3, 0.4) is 0 Å². The summed E-state index contributed by atoms with van der Waals surface area (Å²) in [7, 11) is 0. The fourth-order valence-electron chi connectivity index (χ4n) is 8.61. The number of hydrogen-bond acceptors (Lipinski definition) is 3. The van der Waals surface area contributed by atoms with Gasteiger partial charge in [-0.1, -0.05) is 30.3 Å². The quantitative estimate of drug-likeness (QED) is 0.306. The SMILES string of the molecule is Cc1ccccc1N1C(=O)NC(=O)/C(=C\c2cc(C)n(-c3ccc(C45CC6CC(CC(C6)C4)C5)cc3)c2C)C1=O. The Bertz CT molecular complexity index is 1560. The Morgan fingerprint density at radius 3 is 2.10 bits per heavy atom. The monoisotopic (exact) mass is 533 g/mol. The zero-order valence-corrected chi connectivity index (χ0v) is 23.4. The van der Waals surface area contributed by atoms with Crippen LogP contribution in [-0.2, 0) is 15.0 Å². The summed E-state index contributed by atoms with van der Waals surface area (Å²) in [4.78, 5) is 39.9. The molecule has 8 rings (SSSR count). The van der Waals surface area contributed by atoms with Crippen LogP contribution in [0.5, 0.6) is 0 Å². The molecule has 2 aromatic carbocycles. The van der Waals surface area contributed by atoms with Crippen molar-refractivity contribution in [1.29, 1.82) is 0 Å². The number of carbonyl (C=O) groups excluding carboxylic acids is 3. The Morgan fingerprint density at radius 1 is 0.850 bits per heavy atom. The molecule has 4 saturated carbocycles. The molecule has 0 spiro atoms. The van der Waals surface area contributed by atoms with Crippen LogP contribution in [0.2, 0.25) is 0 Å². The van der Waals surface area contributed by atoms with Crippen LogP contribution >= 0.6 is 0 Å². The van der Waals surface area contributed by atoms with E-state index in [1.807, 2.05) is 39.0 Å². The van der Waals surface area contributed by atoms with Crippen molar-refractivity contribution >= 4 is 29.6 Å². The maximum absolute atomic E-state index is 13.4. The number of rotatable bonds is 4. The largest absolute Gasteiger partial charge is 0.335 e. The second-order valence-electron chi connectivity index (χ2n) is 12.7. The number of urea groups is 1. The molecule has 4 bridgehead atoms. The van der Waals surface area contributed by atoms with Crippen molar-refractivity contribution in [2.45, 2.75) is 64.7 Å². The van der Waals surface area contributed by atoms with Gasteiger partial charge in [0.05, 0.1) is 5.69 Å². The van der Waals surface area contributed by atoms with Gasteiger partial charge in [-0.2, -0.15) is 0 Å². The Morgan fingerprint density at radius 2 is 1.48 bits per heavy atom. The molecular formula is C34H35N3O3. The van der Waals surface area contributed by atoms with Gasteiger partial charge in [-0.3, -0.25) is 14.9 Å². The second kappa shape index (κ2) is 9.05. The molecular weight excluding hydrogens is 498 g/mol. The van der Waals surface area contributed by atoms with Gasteiger partial charge in [-0.05, 0) is 129 Å². The van der Waals surface area contributed by atoms with Crippen molar-refractivity contribution in [3.05, 3.63) is 88.2 Å². The Balaban J connectivity index is 1.20. The van der Waals surface area contributed by atoms with Crippen molar-refractivity contribution in [1.82, 2.24) is 9.88 Å². The summed E-state index contributed by atoms with van der Waals surface area (Å²) in [5.41, 5.74) is 6.84. The summed E-state index contributed by atoms with van der Waals surface area (Å²) < 4.78 is 2.17. The van der Waals surface area contributed by atoms with E-state index in [1.165, 1.54) is 44.1 Å². The van der Waals surface area contributed by atoms with Crippen LogP contribution in [0.1, 0.15) is 66.6 Å². The molecule has 1 aliphatic heterocycles. The first-order valence-corrected chi connectivity index (χ1v) is 14.5. The zero-order chi connectivity index (χ0) is 27.8. The number of benzene rings is 2. The number of anilines is 1. The van der Waals surface area contributed by atoms with Gasteiger partial charge >= 0.3 is 6.03 Å². The highest BCUT2D eigenvalue weighted by molar-refractivity contribution is 6.39. The fourth-order valence-corrected chi connectivity index (χ4v) is 8.61. The normalized spacial score (nSPS) is 28.5. The van der Waals surface area contributed by atoms with Gasteiger partial charge in [0.1, 0.15) is 5.57 Å². The number of barbiturate groups is 1. The third-order valence-electron chi connectivity index (χ3n) is 10.0. The minimum Gasteiger partial charge on any atom is -0.318 e. The highest BCUT2D eigenvalue weighted by Gasteiger charge is 2.51. The van der Waals surface area contributed by atoms with Crippen molar-refractivity contribution < 1.29 is 14.4 Å². The van der Waals surface area contributed by atoms with E-state index in [4.69, 9.17) is 0 Å². The number of imide groups is 2. The molecule has 5 fully saturated rings. The van der Waals surface area contributed by atoms with Crippen molar-refractivity contribution in [3.8, 4) is 5.69 Å². The maximum atomic E-state index is 13.4. The number of hydrogen-bond donors (Lipinski definition) is 1. The molecule has 6 nitrogen and oxygen atoms in total. The average molecular weight is 534 g/mol. The first kappa shape index (κ1) is 25.1. The summed E-state index contributed by atoms with van der Waals surface area (Å²) >= 11 is 0. The van der Waals surface area contributed by atoms with Crippen molar-refractivity contribution in [2.75, 3.05) is 4.90 Å². The molecule has 5 aliphatic rings. The first-order valence-electron chi connectivity index (χ1n) is 14.5. The summed E-state index contributed by atoms with van der Waals surface area (Å²) in [5, 5.41) is 2.34. The second-order valence-corrected chi connectivity index (χ2v) is 12.7. The topological polar surface area (TPSA) is 71.4 Å². The molecule has 1 N–H and O–H groups in total. The average Bonchev–Trinajstić information content (AvgIpc) is 3.19. The van der Waals surface area contributed by atoms with Gasteiger partial charge in [0.2, 0.25) is 0 Å².